The van der Waals surface area contributed by atoms with Crippen LogP contribution >= 0.6 is 0 Å². The number of amides is 2. The first-order chi connectivity index (χ1) is 10.1. The fourth-order valence-corrected chi connectivity index (χ4v) is 3.69. The number of nitrogens with zero attached hydrogens (tertiary/aromatic N) is 1. The highest BCUT2D eigenvalue weighted by atomic mass is 19.1. The quantitative estimate of drug-likeness (QED) is 0.846. The Bertz CT molecular complexity index is 380. The second-order valence-corrected chi connectivity index (χ2v) is 6.65. The summed E-state index contributed by atoms with van der Waals surface area (Å²) >= 11 is 0. The van der Waals surface area contributed by atoms with Crippen molar-refractivity contribution in [2.75, 3.05) is 13.2 Å². The van der Waals surface area contributed by atoms with Crippen molar-refractivity contribution in [3.05, 3.63) is 0 Å². The SMILES string of the molecule is CC(C)C1C(=O)NC(C2CCCCC2)C(=O)N1CCCF. The minimum Gasteiger partial charge on any atom is -0.342 e. The Morgan fingerprint density at radius 2 is 1.90 bits per heavy atom. The monoisotopic (exact) mass is 298 g/mol. The van der Waals surface area contributed by atoms with Crippen molar-refractivity contribution in [3.8, 4) is 0 Å². The van der Waals surface area contributed by atoms with Crippen LogP contribution in [0.1, 0.15) is 52.4 Å². The van der Waals surface area contributed by atoms with E-state index >= 15 is 0 Å². The van der Waals surface area contributed by atoms with Crippen LogP contribution in [0.3, 0.4) is 0 Å². The summed E-state index contributed by atoms with van der Waals surface area (Å²) in [5, 5.41) is 2.95. The van der Waals surface area contributed by atoms with Crippen LogP contribution in [0, 0.1) is 11.8 Å². The molecule has 0 radical (unpaired) electrons. The molecule has 0 bridgehead atoms. The molecule has 120 valence electrons. The summed E-state index contributed by atoms with van der Waals surface area (Å²) < 4.78 is 12.5. The molecule has 1 N–H and O–H groups in total. The van der Waals surface area contributed by atoms with E-state index in [-0.39, 0.29) is 23.7 Å². The average Bonchev–Trinajstić information content (AvgIpc) is 2.48. The molecule has 1 saturated heterocycles. The van der Waals surface area contributed by atoms with Crippen molar-refractivity contribution < 1.29 is 14.0 Å². The van der Waals surface area contributed by atoms with E-state index in [2.05, 4.69) is 5.32 Å². The zero-order valence-electron chi connectivity index (χ0n) is 13.1. The normalized spacial score (nSPS) is 28.1. The lowest BCUT2D eigenvalue weighted by molar-refractivity contribution is -0.153. The third-order valence-corrected chi connectivity index (χ3v) is 4.74. The molecule has 5 heteroatoms. The van der Waals surface area contributed by atoms with Gasteiger partial charge in [-0.1, -0.05) is 33.1 Å². The van der Waals surface area contributed by atoms with E-state index in [4.69, 9.17) is 0 Å². The number of nitrogens with one attached hydrogen (secondary N) is 1. The van der Waals surface area contributed by atoms with Gasteiger partial charge in [0, 0.05) is 6.54 Å². The van der Waals surface area contributed by atoms with Gasteiger partial charge in [0.05, 0.1) is 6.67 Å². The van der Waals surface area contributed by atoms with Gasteiger partial charge in [0.25, 0.3) is 0 Å². The highest BCUT2D eigenvalue weighted by molar-refractivity contribution is 5.97. The first-order valence-corrected chi connectivity index (χ1v) is 8.23. The standard InChI is InChI=1S/C16H27FN2O2/c1-11(2)14-15(20)18-13(12-7-4-3-5-8-12)16(21)19(14)10-6-9-17/h11-14H,3-10H2,1-2H3,(H,18,20). The molecule has 2 fully saturated rings. The molecule has 0 spiro atoms. The maximum Gasteiger partial charge on any atom is 0.246 e. The van der Waals surface area contributed by atoms with Gasteiger partial charge in [-0.2, -0.15) is 0 Å². The summed E-state index contributed by atoms with van der Waals surface area (Å²) in [5.74, 6) is 0.213. The number of hydrogen-bond acceptors (Lipinski definition) is 2. The van der Waals surface area contributed by atoms with E-state index in [1.807, 2.05) is 13.8 Å². The van der Waals surface area contributed by atoms with Crippen molar-refractivity contribution in [2.24, 2.45) is 11.8 Å². The van der Waals surface area contributed by atoms with Crippen molar-refractivity contribution >= 4 is 11.8 Å². The zero-order valence-corrected chi connectivity index (χ0v) is 13.1. The Hall–Kier alpha value is -1.13. The van der Waals surface area contributed by atoms with Crippen LogP contribution in [0.5, 0.6) is 0 Å². The molecule has 2 rings (SSSR count). The van der Waals surface area contributed by atoms with Crippen molar-refractivity contribution in [2.45, 2.75) is 64.5 Å². The molecular formula is C16H27FN2O2. The summed E-state index contributed by atoms with van der Waals surface area (Å²) in [6.45, 7) is 3.75. The number of carbonyl (C=O) groups excluding carboxylic acids is 2. The molecule has 21 heavy (non-hydrogen) atoms. The molecule has 0 aromatic carbocycles. The molecule has 0 aromatic heterocycles. The number of alkyl halides is 1. The smallest absolute Gasteiger partial charge is 0.246 e. The van der Waals surface area contributed by atoms with Gasteiger partial charge in [0.2, 0.25) is 11.8 Å². The Labute approximate surface area is 126 Å². The van der Waals surface area contributed by atoms with E-state index in [1.165, 1.54) is 6.42 Å². The summed E-state index contributed by atoms with van der Waals surface area (Å²) in [7, 11) is 0. The van der Waals surface area contributed by atoms with Crippen LogP contribution in [-0.2, 0) is 9.59 Å². The predicted molar refractivity (Wildman–Crippen MR) is 79.4 cm³/mol. The lowest BCUT2D eigenvalue weighted by atomic mass is 9.81. The first-order valence-electron chi connectivity index (χ1n) is 8.23. The van der Waals surface area contributed by atoms with Crippen LogP contribution in [-0.4, -0.2) is 42.0 Å². The van der Waals surface area contributed by atoms with Crippen LogP contribution in [0.4, 0.5) is 4.39 Å². The molecular weight excluding hydrogens is 271 g/mol. The number of carbonyl (C=O) groups is 2. The molecule has 2 atom stereocenters. The highest BCUT2D eigenvalue weighted by Gasteiger charge is 2.44. The van der Waals surface area contributed by atoms with Crippen molar-refractivity contribution in [1.29, 1.82) is 0 Å². The van der Waals surface area contributed by atoms with Gasteiger partial charge < -0.3 is 10.2 Å². The van der Waals surface area contributed by atoms with Crippen LogP contribution in [0.25, 0.3) is 0 Å². The fourth-order valence-electron chi connectivity index (χ4n) is 3.69. The van der Waals surface area contributed by atoms with Gasteiger partial charge in [0.15, 0.2) is 0 Å². The minimum absolute atomic E-state index is 0.00588. The topological polar surface area (TPSA) is 49.4 Å². The molecule has 1 aliphatic heterocycles. The lowest BCUT2D eigenvalue weighted by Gasteiger charge is -2.43. The van der Waals surface area contributed by atoms with Gasteiger partial charge in [-0.05, 0) is 31.1 Å². The minimum atomic E-state index is -0.455. The van der Waals surface area contributed by atoms with Crippen molar-refractivity contribution in [3.63, 3.8) is 0 Å². The lowest BCUT2D eigenvalue weighted by Crippen LogP contribution is -2.66. The highest BCUT2D eigenvalue weighted by Crippen LogP contribution is 2.30. The Morgan fingerprint density at radius 3 is 2.48 bits per heavy atom. The number of rotatable bonds is 5. The zero-order chi connectivity index (χ0) is 15.4. The van der Waals surface area contributed by atoms with E-state index < -0.39 is 18.8 Å². The van der Waals surface area contributed by atoms with Gasteiger partial charge in [-0.15, -0.1) is 0 Å². The van der Waals surface area contributed by atoms with Crippen LogP contribution < -0.4 is 5.32 Å². The Kier molecular flexibility index (Phi) is 5.59. The molecule has 1 saturated carbocycles. The largest absolute Gasteiger partial charge is 0.342 e. The first kappa shape index (κ1) is 16.2. The Balaban J connectivity index is 2.15. The summed E-state index contributed by atoms with van der Waals surface area (Å²) in [6.07, 6.45) is 5.77. The van der Waals surface area contributed by atoms with Gasteiger partial charge >= 0.3 is 0 Å². The predicted octanol–water partition coefficient (Wildman–Crippen LogP) is 2.28. The molecule has 2 amide bonds. The fraction of sp³-hybridized carbons (Fsp3) is 0.875. The summed E-state index contributed by atoms with van der Waals surface area (Å²) in [4.78, 5) is 26.8. The molecule has 2 unspecified atom stereocenters. The molecule has 1 aliphatic carbocycles. The van der Waals surface area contributed by atoms with Gasteiger partial charge in [-0.3, -0.25) is 14.0 Å². The maximum absolute atomic E-state index is 12.8. The van der Waals surface area contributed by atoms with E-state index in [0.717, 1.165) is 25.7 Å². The molecule has 0 aromatic rings. The van der Waals surface area contributed by atoms with Crippen molar-refractivity contribution in [1.82, 2.24) is 10.2 Å². The van der Waals surface area contributed by atoms with Crippen LogP contribution in [0.15, 0.2) is 0 Å². The second kappa shape index (κ2) is 7.23. The van der Waals surface area contributed by atoms with E-state index in [1.54, 1.807) is 4.90 Å². The summed E-state index contributed by atoms with van der Waals surface area (Å²) in [5.41, 5.74) is 0. The third kappa shape index (κ3) is 3.55. The van der Waals surface area contributed by atoms with Gasteiger partial charge in [-0.25, -0.2) is 0 Å². The number of hydrogen-bond donors (Lipinski definition) is 1. The van der Waals surface area contributed by atoms with E-state index in [0.29, 0.717) is 13.0 Å². The Morgan fingerprint density at radius 1 is 1.24 bits per heavy atom. The van der Waals surface area contributed by atoms with Gasteiger partial charge in [0.1, 0.15) is 12.1 Å². The maximum atomic E-state index is 12.8. The molecule has 4 nitrogen and oxygen atoms in total. The number of piperazine rings is 1. The molecule has 1 heterocycles. The summed E-state index contributed by atoms with van der Waals surface area (Å²) in [6, 6.07) is -0.851. The molecule has 2 aliphatic rings. The average molecular weight is 298 g/mol. The van der Waals surface area contributed by atoms with Crippen LogP contribution in [0.2, 0.25) is 0 Å². The van der Waals surface area contributed by atoms with E-state index in [9.17, 15) is 14.0 Å². The second-order valence-electron chi connectivity index (χ2n) is 6.65. The third-order valence-electron chi connectivity index (χ3n) is 4.74. The number of halogens is 1.